The molecule has 9 nitrogen and oxygen atoms in total. The zero-order valence-electron chi connectivity index (χ0n) is 17.6. The topological polar surface area (TPSA) is 80.7 Å². The zero-order chi connectivity index (χ0) is 19.9. The highest BCUT2D eigenvalue weighted by Gasteiger charge is 2.30. The van der Waals surface area contributed by atoms with Gasteiger partial charge in [0.25, 0.3) is 5.91 Å². The Bertz CT molecular complexity index is 568. The highest BCUT2D eigenvalue weighted by atomic mass is 127. The third kappa shape index (κ3) is 6.68. The number of rotatable bonds is 4. The van der Waals surface area contributed by atoms with Gasteiger partial charge in [-0.05, 0) is 12.8 Å². The second-order valence-electron chi connectivity index (χ2n) is 7.64. The van der Waals surface area contributed by atoms with E-state index in [-0.39, 0.29) is 41.9 Å². The van der Waals surface area contributed by atoms with Crippen molar-refractivity contribution in [1.82, 2.24) is 24.9 Å². The van der Waals surface area contributed by atoms with Gasteiger partial charge in [0, 0.05) is 86.0 Å². The maximum absolute atomic E-state index is 12.5. The van der Waals surface area contributed by atoms with Gasteiger partial charge >= 0.3 is 0 Å². The lowest BCUT2D eigenvalue weighted by Crippen LogP contribution is -2.56. The Morgan fingerprint density at radius 1 is 1.00 bits per heavy atom. The first-order valence-corrected chi connectivity index (χ1v) is 10.4. The molecule has 10 heteroatoms. The molecule has 3 heterocycles. The van der Waals surface area contributed by atoms with E-state index in [0.29, 0.717) is 19.7 Å². The number of amides is 2. The van der Waals surface area contributed by atoms with Gasteiger partial charge in [0.2, 0.25) is 5.91 Å². The summed E-state index contributed by atoms with van der Waals surface area (Å²) in [4.78, 5) is 36.7. The molecule has 1 unspecified atom stereocenters. The molecule has 3 aliphatic rings. The van der Waals surface area contributed by atoms with E-state index in [1.54, 1.807) is 14.0 Å². The number of hydrogen-bond donors (Lipinski definition) is 1. The summed E-state index contributed by atoms with van der Waals surface area (Å²) in [6.07, 6.45) is 1.60. The summed E-state index contributed by atoms with van der Waals surface area (Å²) in [6.45, 7) is 10.6. The summed E-state index contributed by atoms with van der Waals surface area (Å²) in [7, 11) is 1.80. The lowest BCUT2D eigenvalue weighted by Gasteiger charge is -2.38. The van der Waals surface area contributed by atoms with E-state index >= 15 is 0 Å². The third-order valence-electron chi connectivity index (χ3n) is 5.84. The van der Waals surface area contributed by atoms with Crippen molar-refractivity contribution in [3.8, 4) is 0 Å². The van der Waals surface area contributed by atoms with Gasteiger partial charge in [0.1, 0.15) is 6.10 Å². The van der Waals surface area contributed by atoms with Crippen molar-refractivity contribution in [2.45, 2.75) is 25.9 Å². The van der Waals surface area contributed by atoms with Crippen LogP contribution in [0.15, 0.2) is 4.99 Å². The lowest BCUT2D eigenvalue weighted by atomic mass is 10.2. The Labute approximate surface area is 190 Å². The largest absolute Gasteiger partial charge is 0.368 e. The zero-order valence-corrected chi connectivity index (χ0v) is 20.0. The molecule has 0 aromatic carbocycles. The molecular weight excluding hydrogens is 487 g/mol. The van der Waals surface area contributed by atoms with Gasteiger partial charge < -0.3 is 24.8 Å². The third-order valence-corrected chi connectivity index (χ3v) is 5.84. The van der Waals surface area contributed by atoms with Gasteiger partial charge in [-0.3, -0.25) is 19.5 Å². The summed E-state index contributed by atoms with van der Waals surface area (Å²) >= 11 is 0. The number of nitrogens with one attached hydrogen (secondary N) is 1. The molecule has 3 fully saturated rings. The summed E-state index contributed by atoms with van der Waals surface area (Å²) in [5.74, 6) is 1.20. The van der Waals surface area contributed by atoms with Crippen LogP contribution in [0, 0.1) is 0 Å². The van der Waals surface area contributed by atoms with Crippen LogP contribution in [-0.2, 0) is 14.3 Å². The highest BCUT2D eigenvalue weighted by molar-refractivity contribution is 14.0. The van der Waals surface area contributed by atoms with Crippen LogP contribution in [0.3, 0.4) is 0 Å². The number of halogens is 1. The van der Waals surface area contributed by atoms with Crippen LogP contribution in [0.4, 0.5) is 0 Å². The number of ether oxygens (including phenoxy) is 1. The minimum absolute atomic E-state index is 0. The number of nitrogens with zero attached hydrogens (tertiary/aromatic N) is 5. The van der Waals surface area contributed by atoms with E-state index in [9.17, 15) is 9.59 Å². The van der Waals surface area contributed by atoms with Gasteiger partial charge in [-0.25, -0.2) is 0 Å². The van der Waals surface area contributed by atoms with Crippen molar-refractivity contribution in [3.63, 3.8) is 0 Å². The van der Waals surface area contributed by atoms with E-state index in [1.807, 2.05) is 9.80 Å². The Morgan fingerprint density at radius 3 is 2.17 bits per heavy atom. The quantitative estimate of drug-likeness (QED) is 0.310. The molecule has 0 saturated carbocycles. The van der Waals surface area contributed by atoms with Gasteiger partial charge in [-0.1, -0.05) is 0 Å². The van der Waals surface area contributed by atoms with E-state index in [4.69, 9.17) is 4.74 Å². The van der Waals surface area contributed by atoms with E-state index in [2.05, 4.69) is 20.1 Å². The van der Waals surface area contributed by atoms with Crippen molar-refractivity contribution in [2.24, 2.45) is 4.99 Å². The van der Waals surface area contributed by atoms with Crippen molar-refractivity contribution < 1.29 is 14.3 Å². The molecule has 0 radical (unpaired) electrons. The number of guanidine groups is 1. The Kier molecular flexibility index (Phi) is 9.90. The summed E-state index contributed by atoms with van der Waals surface area (Å²) in [5, 5.41) is 3.45. The summed E-state index contributed by atoms with van der Waals surface area (Å²) < 4.78 is 5.53. The fourth-order valence-corrected chi connectivity index (χ4v) is 4.06. The van der Waals surface area contributed by atoms with Gasteiger partial charge in [-0.2, -0.15) is 0 Å². The van der Waals surface area contributed by atoms with Crippen LogP contribution >= 0.6 is 24.0 Å². The number of carbonyl (C=O) groups is 2. The molecule has 0 aromatic heterocycles. The lowest BCUT2D eigenvalue weighted by molar-refractivity contribution is -0.142. The fraction of sp³-hybridized carbons (Fsp3) is 0.842. The average molecular weight is 522 g/mol. The standard InChI is InChI=1S/C19H34N6O3.HI/c1-16(26)23-9-7-22(8-10-23)6-5-21-19(20-2)25-13-11-24(12-14-25)18(27)17-4-3-15-28-17;/h17H,3-15H2,1-2H3,(H,20,21);1H. The minimum Gasteiger partial charge on any atom is -0.368 e. The SMILES string of the molecule is CN=C(NCCN1CCN(C(C)=O)CC1)N1CCN(C(=O)C2CCCO2)CC1.I. The molecule has 29 heavy (non-hydrogen) atoms. The second kappa shape index (κ2) is 11.9. The van der Waals surface area contributed by atoms with Gasteiger partial charge in [-0.15, -0.1) is 24.0 Å². The summed E-state index contributed by atoms with van der Waals surface area (Å²) in [5.41, 5.74) is 0. The van der Waals surface area contributed by atoms with Crippen LogP contribution in [0.2, 0.25) is 0 Å². The normalized spacial score (nSPS) is 23.7. The predicted molar refractivity (Wildman–Crippen MR) is 123 cm³/mol. The van der Waals surface area contributed by atoms with Crippen LogP contribution in [0.1, 0.15) is 19.8 Å². The van der Waals surface area contributed by atoms with Crippen LogP contribution < -0.4 is 5.32 Å². The molecule has 0 aromatic rings. The van der Waals surface area contributed by atoms with Crippen molar-refractivity contribution in [1.29, 1.82) is 0 Å². The molecule has 3 aliphatic heterocycles. The maximum atomic E-state index is 12.5. The van der Waals surface area contributed by atoms with Gasteiger partial charge in [0.05, 0.1) is 0 Å². The second-order valence-corrected chi connectivity index (χ2v) is 7.64. The Hall–Kier alpha value is -1.14. The van der Waals surface area contributed by atoms with E-state index < -0.39 is 0 Å². The Morgan fingerprint density at radius 2 is 1.62 bits per heavy atom. The number of piperazine rings is 2. The van der Waals surface area contributed by atoms with Crippen LogP contribution in [0.5, 0.6) is 0 Å². The number of aliphatic imine (C=N–C) groups is 1. The van der Waals surface area contributed by atoms with Gasteiger partial charge in [0.15, 0.2) is 5.96 Å². The smallest absolute Gasteiger partial charge is 0.251 e. The number of hydrogen-bond acceptors (Lipinski definition) is 5. The first kappa shape index (κ1) is 24.1. The van der Waals surface area contributed by atoms with Crippen molar-refractivity contribution in [2.75, 3.05) is 79.1 Å². The molecular formula is C19H35IN6O3. The maximum Gasteiger partial charge on any atom is 0.251 e. The highest BCUT2D eigenvalue weighted by Crippen LogP contribution is 2.16. The molecule has 0 aliphatic carbocycles. The molecule has 0 spiro atoms. The molecule has 0 bridgehead atoms. The summed E-state index contributed by atoms with van der Waals surface area (Å²) in [6, 6.07) is 0. The van der Waals surface area contributed by atoms with Crippen LogP contribution in [-0.4, -0.2) is 123 Å². The first-order valence-electron chi connectivity index (χ1n) is 10.4. The van der Waals surface area contributed by atoms with E-state index in [1.165, 1.54) is 0 Å². The van der Waals surface area contributed by atoms with Crippen molar-refractivity contribution in [3.05, 3.63) is 0 Å². The Balaban J connectivity index is 0.00000300. The molecule has 3 rings (SSSR count). The van der Waals surface area contributed by atoms with Crippen molar-refractivity contribution >= 4 is 41.8 Å². The molecule has 2 amide bonds. The predicted octanol–water partition coefficient (Wildman–Crippen LogP) is -0.333. The van der Waals surface area contributed by atoms with E-state index in [0.717, 1.165) is 71.2 Å². The fourth-order valence-electron chi connectivity index (χ4n) is 4.06. The first-order chi connectivity index (χ1) is 13.6. The van der Waals surface area contributed by atoms with Crippen LogP contribution in [0.25, 0.3) is 0 Å². The minimum atomic E-state index is -0.229. The molecule has 1 N–H and O–H groups in total. The molecule has 3 saturated heterocycles. The number of carbonyl (C=O) groups excluding carboxylic acids is 2. The molecule has 1 atom stereocenters. The monoisotopic (exact) mass is 522 g/mol. The average Bonchev–Trinajstić information content (AvgIpc) is 3.26. The molecule has 166 valence electrons.